The zero-order chi connectivity index (χ0) is 17.1. The molecule has 2 heterocycles. The first-order valence-electron chi connectivity index (χ1n) is 7.52. The molecule has 2 aromatic rings. The van der Waals surface area contributed by atoms with E-state index in [-0.39, 0.29) is 24.3 Å². The molecule has 3 rings (SSSR count). The van der Waals surface area contributed by atoms with Crippen LogP contribution in [0.3, 0.4) is 0 Å². The Morgan fingerprint density at radius 1 is 1.38 bits per heavy atom. The number of nitrogens with zero attached hydrogens (tertiary/aromatic N) is 3. The Morgan fingerprint density at radius 2 is 2.17 bits per heavy atom. The molecule has 0 unspecified atom stereocenters. The topological polar surface area (TPSA) is 75.9 Å². The highest BCUT2D eigenvalue weighted by Gasteiger charge is 2.33. The van der Waals surface area contributed by atoms with Gasteiger partial charge in [-0.1, -0.05) is 29.8 Å². The molecule has 1 aliphatic rings. The van der Waals surface area contributed by atoms with Crippen molar-refractivity contribution in [3.63, 3.8) is 0 Å². The number of aromatic nitrogens is 1. The third kappa shape index (κ3) is 3.21. The predicted octanol–water partition coefficient (Wildman–Crippen LogP) is 2.95. The second-order valence-electron chi connectivity index (χ2n) is 5.18. The van der Waals surface area contributed by atoms with Gasteiger partial charge in [0.15, 0.2) is 5.69 Å². The maximum atomic E-state index is 12.5. The van der Waals surface area contributed by atoms with Crippen molar-refractivity contribution in [2.24, 2.45) is 0 Å². The lowest BCUT2D eigenvalue weighted by Crippen LogP contribution is -2.31. The Labute approximate surface area is 143 Å². The number of anilines is 1. The molecule has 8 heteroatoms. The Morgan fingerprint density at radius 3 is 2.92 bits per heavy atom. The molecule has 1 aliphatic heterocycles. The summed E-state index contributed by atoms with van der Waals surface area (Å²) in [7, 11) is 0. The highest BCUT2D eigenvalue weighted by atomic mass is 35.5. The van der Waals surface area contributed by atoms with Gasteiger partial charge in [-0.25, -0.2) is 14.5 Å². The molecule has 24 heavy (non-hydrogen) atoms. The van der Waals surface area contributed by atoms with Gasteiger partial charge in [-0.05, 0) is 18.6 Å². The van der Waals surface area contributed by atoms with Gasteiger partial charge in [0.2, 0.25) is 0 Å². The maximum absolute atomic E-state index is 12.5. The van der Waals surface area contributed by atoms with E-state index in [1.807, 2.05) is 18.2 Å². The Kier molecular flexibility index (Phi) is 4.71. The fraction of sp³-hybridized carbons (Fsp3) is 0.312. The van der Waals surface area contributed by atoms with Crippen molar-refractivity contribution in [1.29, 1.82) is 0 Å². The number of carbonyl (C=O) groups excluding carboxylic acids is 2. The third-order valence-electron chi connectivity index (χ3n) is 3.62. The number of ether oxygens (including phenoxy) is 1. The number of oxazole rings is 1. The molecule has 0 spiro atoms. The molecule has 7 nitrogen and oxygen atoms in total. The van der Waals surface area contributed by atoms with Crippen molar-refractivity contribution in [3.05, 3.63) is 46.8 Å². The van der Waals surface area contributed by atoms with E-state index in [2.05, 4.69) is 4.98 Å². The Hall–Kier alpha value is -2.54. The van der Waals surface area contributed by atoms with Crippen LogP contribution in [0, 0.1) is 0 Å². The molecule has 1 aromatic carbocycles. The van der Waals surface area contributed by atoms with Crippen LogP contribution in [0.4, 0.5) is 10.8 Å². The van der Waals surface area contributed by atoms with Crippen molar-refractivity contribution in [3.8, 4) is 0 Å². The minimum absolute atomic E-state index is 0.0456. The average Bonchev–Trinajstić information content (AvgIpc) is 3.18. The van der Waals surface area contributed by atoms with Crippen molar-refractivity contribution in [1.82, 2.24) is 9.88 Å². The minimum Gasteiger partial charge on any atom is -0.461 e. The molecule has 1 aromatic heterocycles. The average molecular weight is 350 g/mol. The summed E-state index contributed by atoms with van der Waals surface area (Å²) in [6, 6.07) is 7.22. The summed E-state index contributed by atoms with van der Waals surface area (Å²) >= 11 is 6.14. The number of halogens is 1. The zero-order valence-electron chi connectivity index (χ0n) is 13.1. The van der Waals surface area contributed by atoms with Crippen LogP contribution < -0.4 is 4.90 Å². The largest absolute Gasteiger partial charge is 0.461 e. The van der Waals surface area contributed by atoms with E-state index in [1.165, 1.54) is 11.2 Å². The molecule has 0 bridgehead atoms. The quantitative estimate of drug-likeness (QED) is 0.776. The number of amides is 2. The van der Waals surface area contributed by atoms with E-state index in [0.717, 1.165) is 5.56 Å². The second-order valence-corrected chi connectivity index (χ2v) is 5.59. The summed E-state index contributed by atoms with van der Waals surface area (Å²) in [4.78, 5) is 31.2. The van der Waals surface area contributed by atoms with Crippen molar-refractivity contribution >= 4 is 29.6 Å². The van der Waals surface area contributed by atoms with Gasteiger partial charge in [-0.15, -0.1) is 0 Å². The molecule has 0 N–H and O–H groups in total. The van der Waals surface area contributed by atoms with Crippen LogP contribution in [0.15, 0.2) is 34.9 Å². The van der Waals surface area contributed by atoms with Crippen LogP contribution in [-0.4, -0.2) is 41.6 Å². The smallest absolute Gasteiger partial charge is 0.360 e. The number of esters is 1. The van der Waals surface area contributed by atoms with Gasteiger partial charge in [0.1, 0.15) is 6.26 Å². The molecule has 2 amide bonds. The number of hydrogen-bond acceptors (Lipinski definition) is 5. The first-order valence-corrected chi connectivity index (χ1v) is 7.90. The molecule has 126 valence electrons. The summed E-state index contributed by atoms with van der Waals surface area (Å²) in [5.41, 5.74) is 0.915. The van der Waals surface area contributed by atoms with Crippen LogP contribution in [0.2, 0.25) is 5.02 Å². The monoisotopic (exact) mass is 349 g/mol. The Bertz CT molecular complexity index is 761. The maximum Gasteiger partial charge on any atom is 0.360 e. The van der Waals surface area contributed by atoms with Gasteiger partial charge in [0, 0.05) is 24.7 Å². The van der Waals surface area contributed by atoms with Crippen LogP contribution in [0.5, 0.6) is 0 Å². The minimum atomic E-state index is -0.577. The van der Waals surface area contributed by atoms with Crippen LogP contribution in [0.25, 0.3) is 0 Å². The van der Waals surface area contributed by atoms with Gasteiger partial charge >= 0.3 is 18.0 Å². The number of hydrogen-bond donors (Lipinski definition) is 0. The SMILES string of the molecule is CCOC(=O)c1coc(N2CCN(Cc3ccccc3Cl)C2=O)n1. The molecule has 0 atom stereocenters. The van der Waals surface area contributed by atoms with Gasteiger partial charge < -0.3 is 14.1 Å². The summed E-state index contributed by atoms with van der Waals surface area (Å²) in [6.45, 7) is 3.29. The molecule has 1 saturated heterocycles. The Balaban J connectivity index is 1.70. The lowest BCUT2D eigenvalue weighted by Gasteiger charge is -2.17. The van der Waals surface area contributed by atoms with Crippen LogP contribution in [-0.2, 0) is 11.3 Å². The summed E-state index contributed by atoms with van der Waals surface area (Å²) in [5.74, 6) is -0.577. The highest BCUT2D eigenvalue weighted by molar-refractivity contribution is 6.31. The number of benzene rings is 1. The van der Waals surface area contributed by atoms with Crippen LogP contribution in [0.1, 0.15) is 23.0 Å². The predicted molar refractivity (Wildman–Crippen MR) is 87.1 cm³/mol. The molecule has 0 aliphatic carbocycles. The lowest BCUT2D eigenvalue weighted by molar-refractivity contribution is 0.0519. The first kappa shape index (κ1) is 16.3. The van der Waals surface area contributed by atoms with E-state index >= 15 is 0 Å². The third-order valence-corrected chi connectivity index (χ3v) is 3.99. The highest BCUT2D eigenvalue weighted by Crippen LogP contribution is 2.23. The molecule has 0 radical (unpaired) electrons. The zero-order valence-corrected chi connectivity index (χ0v) is 13.8. The van der Waals surface area contributed by atoms with E-state index in [4.69, 9.17) is 20.8 Å². The fourth-order valence-corrected chi connectivity index (χ4v) is 2.62. The normalized spacial score (nSPS) is 14.3. The molecular weight excluding hydrogens is 334 g/mol. The van der Waals surface area contributed by atoms with Gasteiger partial charge in [0.25, 0.3) is 0 Å². The van der Waals surface area contributed by atoms with E-state index < -0.39 is 5.97 Å². The summed E-state index contributed by atoms with van der Waals surface area (Å²) in [5, 5.41) is 0.615. The van der Waals surface area contributed by atoms with Crippen LogP contribution >= 0.6 is 11.6 Å². The summed E-state index contributed by atoms with van der Waals surface area (Å²) < 4.78 is 10.1. The lowest BCUT2D eigenvalue weighted by atomic mass is 10.2. The standard InChI is InChI=1S/C16H16ClN3O4/c1-2-23-14(21)13-10-24-15(18-13)20-8-7-19(16(20)22)9-11-5-3-4-6-12(11)17/h3-6,10H,2,7-9H2,1H3. The molecule has 0 saturated carbocycles. The number of urea groups is 1. The van der Waals surface area contributed by atoms with E-state index in [0.29, 0.717) is 24.7 Å². The molecule has 1 fully saturated rings. The van der Waals surface area contributed by atoms with Crippen molar-refractivity contribution in [2.75, 3.05) is 24.6 Å². The van der Waals surface area contributed by atoms with E-state index in [9.17, 15) is 9.59 Å². The number of carbonyl (C=O) groups is 2. The molecular formula is C16H16ClN3O4. The van der Waals surface area contributed by atoms with E-state index in [1.54, 1.807) is 17.9 Å². The van der Waals surface area contributed by atoms with Gasteiger partial charge in [-0.2, -0.15) is 4.98 Å². The summed E-state index contributed by atoms with van der Waals surface area (Å²) in [6.07, 6.45) is 1.19. The van der Waals surface area contributed by atoms with Crippen molar-refractivity contribution in [2.45, 2.75) is 13.5 Å². The fourth-order valence-electron chi connectivity index (χ4n) is 2.43. The van der Waals surface area contributed by atoms with Gasteiger partial charge in [0.05, 0.1) is 6.61 Å². The van der Waals surface area contributed by atoms with Gasteiger partial charge in [-0.3, -0.25) is 0 Å². The second kappa shape index (κ2) is 6.92. The first-order chi connectivity index (χ1) is 11.6. The van der Waals surface area contributed by atoms with Crippen molar-refractivity contribution < 1.29 is 18.7 Å². The number of rotatable bonds is 5.